The largest absolute Gasteiger partial charge is 0.376 e. The summed E-state index contributed by atoms with van der Waals surface area (Å²) in [5.74, 6) is 0.177. The molecule has 108 valence electrons. The Hall–Kier alpha value is -2.76. The molecule has 2 N–H and O–H groups in total. The van der Waals surface area contributed by atoms with Crippen molar-refractivity contribution in [3.8, 4) is 0 Å². The zero-order chi connectivity index (χ0) is 14.8. The van der Waals surface area contributed by atoms with Gasteiger partial charge in [-0.2, -0.15) is 0 Å². The predicted molar refractivity (Wildman–Crippen MR) is 81.3 cm³/mol. The van der Waals surface area contributed by atoms with E-state index in [0.29, 0.717) is 5.88 Å². The molecule has 0 fully saturated rings. The summed E-state index contributed by atoms with van der Waals surface area (Å²) in [7, 11) is 1.99. The van der Waals surface area contributed by atoms with Gasteiger partial charge in [-0.15, -0.1) is 0 Å². The number of hydrogen-bond acceptors (Lipinski definition) is 4. The lowest BCUT2D eigenvalue weighted by Crippen LogP contribution is -2.21. The normalized spacial score (nSPS) is 10.8. The molecule has 0 spiro atoms. The molecule has 2 heterocycles. The number of hydrogen-bond donors (Lipinski definition) is 2. The lowest BCUT2D eigenvalue weighted by molar-refractivity contribution is -0.114. The van der Waals surface area contributed by atoms with Crippen LogP contribution in [0.4, 0.5) is 11.6 Å². The summed E-state index contributed by atoms with van der Waals surface area (Å²) >= 11 is 0. The van der Waals surface area contributed by atoms with Gasteiger partial charge in [0.25, 0.3) is 0 Å². The van der Waals surface area contributed by atoms with Crippen molar-refractivity contribution in [2.45, 2.75) is 6.92 Å². The van der Waals surface area contributed by atoms with Crippen LogP contribution in [0, 0.1) is 6.92 Å². The van der Waals surface area contributed by atoms with Gasteiger partial charge in [0.1, 0.15) is 0 Å². The van der Waals surface area contributed by atoms with Gasteiger partial charge in [-0.1, -0.05) is 11.2 Å². The molecule has 0 radical (unpaired) electrons. The molecule has 6 heteroatoms. The summed E-state index contributed by atoms with van der Waals surface area (Å²) in [6.45, 7) is 1.96. The summed E-state index contributed by atoms with van der Waals surface area (Å²) in [5.41, 5.74) is 2.77. The summed E-state index contributed by atoms with van der Waals surface area (Å²) in [6, 6.07) is 9.65. The van der Waals surface area contributed by atoms with Crippen molar-refractivity contribution in [2.24, 2.45) is 7.05 Å². The average Bonchev–Trinajstić information content (AvgIpc) is 3.04. The standard InChI is InChI=1S/C15H16N4O2/c1-10-8-15(21-18-10)17-14(20)9-16-12-4-3-5-13-11(12)6-7-19(13)2/h3-8,16H,9H2,1-2H3,(H,17,20). The highest BCUT2D eigenvalue weighted by Gasteiger charge is 2.08. The highest BCUT2D eigenvalue weighted by molar-refractivity contribution is 5.96. The minimum absolute atomic E-state index is 0.160. The van der Waals surface area contributed by atoms with Crippen LogP contribution >= 0.6 is 0 Å². The molecule has 1 aromatic carbocycles. The van der Waals surface area contributed by atoms with E-state index in [4.69, 9.17) is 4.52 Å². The Balaban J connectivity index is 1.67. The molecule has 2 aromatic heterocycles. The molecule has 3 rings (SSSR count). The topological polar surface area (TPSA) is 72.1 Å². The number of anilines is 2. The maximum absolute atomic E-state index is 11.9. The number of carbonyl (C=O) groups excluding carboxylic acids is 1. The molecule has 0 saturated carbocycles. The van der Waals surface area contributed by atoms with Gasteiger partial charge in [-0.05, 0) is 25.1 Å². The second-order valence-electron chi connectivity index (χ2n) is 4.90. The maximum atomic E-state index is 11.9. The Morgan fingerprint density at radius 3 is 3.00 bits per heavy atom. The molecule has 3 aromatic rings. The van der Waals surface area contributed by atoms with Crippen molar-refractivity contribution in [3.63, 3.8) is 0 Å². The third-order valence-electron chi connectivity index (χ3n) is 3.26. The van der Waals surface area contributed by atoms with Crippen molar-refractivity contribution in [1.29, 1.82) is 0 Å². The summed E-state index contributed by atoms with van der Waals surface area (Å²) in [5, 5.41) is 10.6. The van der Waals surface area contributed by atoms with Crippen molar-refractivity contribution >= 4 is 28.4 Å². The first kappa shape index (κ1) is 13.2. The number of aryl methyl sites for hydroxylation is 2. The number of nitrogens with zero attached hydrogens (tertiary/aromatic N) is 2. The number of fused-ring (bicyclic) bond motifs is 1. The Kier molecular flexibility index (Phi) is 3.35. The SMILES string of the molecule is Cc1cc(NC(=O)CNc2cccc3c2ccn3C)on1. The summed E-state index contributed by atoms with van der Waals surface area (Å²) in [6.07, 6.45) is 1.99. The highest BCUT2D eigenvalue weighted by atomic mass is 16.5. The molecule has 0 aliphatic heterocycles. The third kappa shape index (κ3) is 2.74. The molecule has 0 atom stereocenters. The Labute approximate surface area is 121 Å². The van der Waals surface area contributed by atoms with Crippen LogP contribution < -0.4 is 10.6 Å². The van der Waals surface area contributed by atoms with Crippen molar-refractivity contribution in [2.75, 3.05) is 17.2 Å². The molecule has 1 amide bonds. The lowest BCUT2D eigenvalue weighted by atomic mass is 10.2. The zero-order valence-electron chi connectivity index (χ0n) is 11.9. The second kappa shape index (κ2) is 5.32. The Bertz CT molecular complexity index is 788. The van der Waals surface area contributed by atoms with E-state index in [-0.39, 0.29) is 12.5 Å². The van der Waals surface area contributed by atoms with Gasteiger partial charge in [-0.3, -0.25) is 10.1 Å². The molecule has 0 aliphatic carbocycles. The van der Waals surface area contributed by atoms with Crippen molar-refractivity contribution in [1.82, 2.24) is 9.72 Å². The molecule has 21 heavy (non-hydrogen) atoms. The van der Waals surface area contributed by atoms with E-state index in [1.165, 1.54) is 0 Å². The van der Waals surface area contributed by atoms with Crippen LogP contribution in [0.5, 0.6) is 0 Å². The smallest absolute Gasteiger partial charge is 0.246 e. The molecule has 0 unspecified atom stereocenters. The predicted octanol–water partition coefficient (Wildman–Crippen LogP) is 2.53. The minimum Gasteiger partial charge on any atom is -0.376 e. The molecule has 0 bridgehead atoms. The number of rotatable bonds is 4. The van der Waals surface area contributed by atoms with E-state index in [0.717, 1.165) is 22.3 Å². The molecular weight excluding hydrogens is 268 g/mol. The Morgan fingerprint density at radius 1 is 1.38 bits per heavy atom. The number of nitrogens with one attached hydrogen (secondary N) is 2. The monoisotopic (exact) mass is 284 g/mol. The van der Waals surface area contributed by atoms with Gasteiger partial charge in [-0.25, -0.2) is 0 Å². The van der Waals surface area contributed by atoms with E-state index in [9.17, 15) is 4.79 Å². The van der Waals surface area contributed by atoms with E-state index in [1.54, 1.807) is 13.0 Å². The van der Waals surface area contributed by atoms with Crippen molar-refractivity contribution in [3.05, 3.63) is 42.2 Å². The van der Waals surface area contributed by atoms with E-state index in [1.807, 2.05) is 42.1 Å². The minimum atomic E-state index is -0.181. The van der Waals surface area contributed by atoms with Crippen LogP contribution in [0.3, 0.4) is 0 Å². The first-order valence-electron chi connectivity index (χ1n) is 6.64. The van der Waals surface area contributed by atoms with Crippen LogP contribution in [0.25, 0.3) is 10.9 Å². The van der Waals surface area contributed by atoms with Crippen LogP contribution in [0.2, 0.25) is 0 Å². The van der Waals surface area contributed by atoms with Crippen LogP contribution in [0.15, 0.2) is 41.1 Å². The average molecular weight is 284 g/mol. The Morgan fingerprint density at radius 2 is 2.24 bits per heavy atom. The number of amides is 1. The van der Waals surface area contributed by atoms with Crippen LogP contribution in [0.1, 0.15) is 5.69 Å². The zero-order valence-corrected chi connectivity index (χ0v) is 11.9. The van der Waals surface area contributed by atoms with Gasteiger partial charge in [0, 0.05) is 35.9 Å². The van der Waals surface area contributed by atoms with Gasteiger partial charge >= 0.3 is 0 Å². The van der Waals surface area contributed by atoms with Crippen molar-refractivity contribution < 1.29 is 9.32 Å². The fourth-order valence-electron chi connectivity index (χ4n) is 2.24. The molecule has 0 saturated heterocycles. The van der Waals surface area contributed by atoms with E-state index < -0.39 is 0 Å². The quantitative estimate of drug-likeness (QED) is 0.772. The summed E-state index contributed by atoms with van der Waals surface area (Å²) < 4.78 is 6.99. The maximum Gasteiger partial charge on any atom is 0.246 e. The molecule has 6 nitrogen and oxygen atoms in total. The lowest BCUT2D eigenvalue weighted by Gasteiger charge is -2.07. The van der Waals surface area contributed by atoms with Crippen LogP contribution in [-0.4, -0.2) is 22.2 Å². The molecular formula is C15H16N4O2. The van der Waals surface area contributed by atoms with Gasteiger partial charge in [0.05, 0.1) is 12.2 Å². The number of benzene rings is 1. The van der Waals surface area contributed by atoms with Gasteiger partial charge in [0.15, 0.2) is 0 Å². The van der Waals surface area contributed by atoms with E-state index in [2.05, 4.69) is 15.8 Å². The first-order valence-corrected chi connectivity index (χ1v) is 6.64. The number of carbonyl (C=O) groups is 1. The van der Waals surface area contributed by atoms with Gasteiger partial charge in [0.2, 0.25) is 11.8 Å². The number of aromatic nitrogens is 2. The molecule has 0 aliphatic rings. The second-order valence-corrected chi connectivity index (χ2v) is 4.90. The summed E-state index contributed by atoms with van der Waals surface area (Å²) in [4.78, 5) is 11.9. The fourth-order valence-corrected chi connectivity index (χ4v) is 2.24. The first-order chi connectivity index (χ1) is 10.1. The van der Waals surface area contributed by atoms with Crippen LogP contribution in [-0.2, 0) is 11.8 Å². The fraction of sp³-hybridized carbons (Fsp3) is 0.200. The van der Waals surface area contributed by atoms with Gasteiger partial charge < -0.3 is 14.4 Å². The van der Waals surface area contributed by atoms with E-state index >= 15 is 0 Å². The third-order valence-corrected chi connectivity index (χ3v) is 3.26. The highest BCUT2D eigenvalue weighted by Crippen LogP contribution is 2.23.